The zero-order valence-corrected chi connectivity index (χ0v) is 15.8. The topological polar surface area (TPSA) is 36.7 Å². The number of fused-ring (bicyclic) bond motifs is 1. The lowest BCUT2D eigenvalue weighted by Gasteiger charge is -2.26. The summed E-state index contributed by atoms with van der Waals surface area (Å²) >= 11 is 0. The molecule has 0 atom stereocenters. The zero-order chi connectivity index (χ0) is 17.4. The van der Waals surface area contributed by atoms with Gasteiger partial charge in [-0.2, -0.15) is 0 Å². The molecule has 1 amide bonds. The summed E-state index contributed by atoms with van der Waals surface area (Å²) in [6.45, 7) is 4.55. The molecule has 0 saturated heterocycles. The molecule has 0 fully saturated rings. The highest BCUT2D eigenvalue weighted by molar-refractivity contribution is 5.76. The number of furan rings is 1. The second kappa shape index (κ2) is 9.87. The van der Waals surface area contributed by atoms with Crippen LogP contribution in [0.1, 0.15) is 75.4 Å². The maximum atomic E-state index is 12.4. The van der Waals surface area contributed by atoms with Crippen LogP contribution in [-0.2, 0) is 24.3 Å². The number of hydrogen-bond acceptors (Lipinski definition) is 3. The summed E-state index contributed by atoms with van der Waals surface area (Å²) in [5.41, 5.74) is 1.28. The van der Waals surface area contributed by atoms with E-state index in [1.807, 2.05) is 19.0 Å². The van der Waals surface area contributed by atoms with Crippen molar-refractivity contribution < 1.29 is 9.21 Å². The molecule has 0 radical (unpaired) electrons. The second-order valence-corrected chi connectivity index (χ2v) is 7.34. The first-order valence-corrected chi connectivity index (χ1v) is 9.63. The first-order chi connectivity index (χ1) is 11.6. The van der Waals surface area contributed by atoms with Gasteiger partial charge >= 0.3 is 0 Å². The first-order valence-electron chi connectivity index (χ1n) is 9.63. The van der Waals surface area contributed by atoms with E-state index < -0.39 is 0 Å². The number of rotatable bonds is 10. The highest BCUT2D eigenvalue weighted by atomic mass is 16.3. The Morgan fingerprint density at radius 1 is 1.17 bits per heavy atom. The van der Waals surface area contributed by atoms with Crippen LogP contribution in [0.2, 0.25) is 0 Å². The molecule has 1 aromatic heterocycles. The van der Waals surface area contributed by atoms with Crippen LogP contribution in [0.5, 0.6) is 0 Å². The Hall–Kier alpha value is -1.29. The Morgan fingerprint density at radius 3 is 2.58 bits per heavy atom. The molecule has 0 spiro atoms. The number of unbranched alkanes of at least 4 members (excludes halogenated alkanes) is 6. The number of hydrogen-bond donors (Lipinski definition) is 0. The molecular formula is C20H34N2O2. The third-order valence-electron chi connectivity index (χ3n) is 4.75. The van der Waals surface area contributed by atoms with Crippen molar-refractivity contribution in [1.29, 1.82) is 0 Å². The van der Waals surface area contributed by atoms with E-state index in [9.17, 15) is 4.79 Å². The molecule has 0 aromatic carbocycles. The Balaban J connectivity index is 1.70. The Labute approximate surface area is 147 Å². The van der Waals surface area contributed by atoms with Crippen molar-refractivity contribution in [1.82, 2.24) is 9.80 Å². The van der Waals surface area contributed by atoms with Crippen LogP contribution < -0.4 is 0 Å². The van der Waals surface area contributed by atoms with Crippen LogP contribution in [0.4, 0.5) is 0 Å². The van der Waals surface area contributed by atoms with Crippen LogP contribution in [0.3, 0.4) is 0 Å². The standard InChI is InChI=1S/C20H34N2O2/c1-4-5-6-7-8-9-10-11-20(23)22-13-12-17-14-18(15-21(2)3)24-19(17)16-22/h14H,4-13,15-16H2,1-3H3. The fourth-order valence-electron chi connectivity index (χ4n) is 3.38. The minimum absolute atomic E-state index is 0.291. The summed E-state index contributed by atoms with van der Waals surface area (Å²) in [4.78, 5) is 16.5. The van der Waals surface area contributed by atoms with E-state index in [0.717, 1.165) is 37.5 Å². The van der Waals surface area contributed by atoms with Gasteiger partial charge in [0.2, 0.25) is 5.91 Å². The van der Waals surface area contributed by atoms with E-state index in [1.54, 1.807) is 0 Å². The number of carbonyl (C=O) groups excluding carboxylic acids is 1. The van der Waals surface area contributed by atoms with E-state index in [1.165, 1.54) is 44.1 Å². The molecule has 24 heavy (non-hydrogen) atoms. The summed E-state index contributed by atoms with van der Waals surface area (Å²) in [7, 11) is 4.08. The van der Waals surface area contributed by atoms with Crippen LogP contribution in [0, 0.1) is 0 Å². The number of nitrogens with zero attached hydrogens (tertiary/aromatic N) is 2. The van der Waals surface area contributed by atoms with Crippen molar-refractivity contribution in [3.05, 3.63) is 23.2 Å². The molecule has 0 bridgehead atoms. The largest absolute Gasteiger partial charge is 0.463 e. The molecule has 2 heterocycles. The molecule has 0 unspecified atom stereocenters. The second-order valence-electron chi connectivity index (χ2n) is 7.34. The third-order valence-corrected chi connectivity index (χ3v) is 4.75. The lowest BCUT2D eigenvalue weighted by atomic mass is 10.1. The van der Waals surface area contributed by atoms with Crippen molar-refractivity contribution in [2.45, 2.75) is 77.8 Å². The van der Waals surface area contributed by atoms with Gasteiger partial charge in [0.1, 0.15) is 11.5 Å². The molecular weight excluding hydrogens is 300 g/mol. The minimum atomic E-state index is 0.291. The van der Waals surface area contributed by atoms with E-state index in [-0.39, 0.29) is 0 Å². The molecule has 2 rings (SSSR count). The van der Waals surface area contributed by atoms with Gasteiger partial charge in [-0.05, 0) is 38.6 Å². The molecule has 0 aliphatic carbocycles. The maximum Gasteiger partial charge on any atom is 0.222 e. The lowest BCUT2D eigenvalue weighted by molar-refractivity contribution is -0.132. The summed E-state index contributed by atoms with van der Waals surface area (Å²) in [5.74, 6) is 2.29. The Kier molecular flexibility index (Phi) is 7.83. The van der Waals surface area contributed by atoms with Gasteiger partial charge in [-0.25, -0.2) is 0 Å². The van der Waals surface area contributed by atoms with Crippen molar-refractivity contribution in [2.75, 3.05) is 20.6 Å². The summed E-state index contributed by atoms with van der Waals surface area (Å²) < 4.78 is 5.94. The van der Waals surface area contributed by atoms with Crippen LogP contribution >= 0.6 is 0 Å². The van der Waals surface area contributed by atoms with E-state index in [0.29, 0.717) is 18.9 Å². The maximum absolute atomic E-state index is 12.4. The fourth-order valence-corrected chi connectivity index (χ4v) is 3.38. The molecule has 1 aliphatic rings. The van der Waals surface area contributed by atoms with Crippen LogP contribution in [0.15, 0.2) is 10.5 Å². The van der Waals surface area contributed by atoms with Crippen molar-refractivity contribution in [3.8, 4) is 0 Å². The fraction of sp³-hybridized carbons (Fsp3) is 0.750. The molecule has 136 valence electrons. The highest BCUT2D eigenvalue weighted by Crippen LogP contribution is 2.24. The van der Waals surface area contributed by atoms with Gasteiger partial charge in [0.05, 0.1) is 13.1 Å². The van der Waals surface area contributed by atoms with Gasteiger partial charge in [0.25, 0.3) is 0 Å². The quantitative estimate of drug-likeness (QED) is 0.596. The van der Waals surface area contributed by atoms with Crippen LogP contribution in [0.25, 0.3) is 0 Å². The minimum Gasteiger partial charge on any atom is -0.463 e. The summed E-state index contributed by atoms with van der Waals surface area (Å²) in [5, 5.41) is 0. The SMILES string of the molecule is CCCCCCCCCC(=O)N1CCc2cc(CN(C)C)oc2C1. The summed E-state index contributed by atoms with van der Waals surface area (Å²) in [6, 6.07) is 2.16. The highest BCUT2D eigenvalue weighted by Gasteiger charge is 2.23. The average Bonchev–Trinajstić information content (AvgIpc) is 2.94. The lowest BCUT2D eigenvalue weighted by Crippen LogP contribution is -2.35. The number of amides is 1. The molecule has 4 nitrogen and oxygen atoms in total. The van der Waals surface area contributed by atoms with Gasteiger partial charge < -0.3 is 14.2 Å². The van der Waals surface area contributed by atoms with Gasteiger partial charge in [0, 0.05) is 13.0 Å². The zero-order valence-electron chi connectivity index (χ0n) is 15.8. The van der Waals surface area contributed by atoms with Crippen molar-refractivity contribution in [2.24, 2.45) is 0 Å². The molecule has 4 heteroatoms. The Morgan fingerprint density at radius 2 is 1.88 bits per heavy atom. The monoisotopic (exact) mass is 334 g/mol. The first kappa shape index (κ1) is 19.0. The average molecular weight is 335 g/mol. The van der Waals surface area contributed by atoms with Gasteiger partial charge in [-0.1, -0.05) is 45.4 Å². The van der Waals surface area contributed by atoms with E-state index in [2.05, 4.69) is 17.9 Å². The predicted octanol–water partition coefficient (Wildman–Crippen LogP) is 4.37. The van der Waals surface area contributed by atoms with Crippen molar-refractivity contribution in [3.63, 3.8) is 0 Å². The van der Waals surface area contributed by atoms with E-state index in [4.69, 9.17) is 4.42 Å². The normalized spacial score (nSPS) is 14.2. The van der Waals surface area contributed by atoms with E-state index >= 15 is 0 Å². The smallest absolute Gasteiger partial charge is 0.222 e. The van der Waals surface area contributed by atoms with Gasteiger partial charge in [-0.3, -0.25) is 4.79 Å². The predicted molar refractivity (Wildman–Crippen MR) is 97.8 cm³/mol. The van der Waals surface area contributed by atoms with Gasteiger partial charge in [0.15, 0.2) is 0 Å². The van der Waals surface area contributed by atoms with Crippen molar-refractivity contribution >= 4 is 5.91 Å². The molecule has 1 aromatic rings. The molecule has 1 aliphatic heterocycles. The molecule has 0 saturated carbocycles. The number of carbonyl (C=O) groups is 1. The Bertz CT molecular complexity index is 508. The summed E-state index contributed by atoms with van der Waals surface area (Å²) in [6.07, 6.45) is 10.4. The molecule has 0 N–H and O–H groups in total. The van der Waals surface area contributed by atoms with Crippen LogP contribution in [-0.4, -0.2) is 36.3 Å². The third kappa shape index (κ3) is 5.97. The van der Waals surface area contributed by atoms with Gasteiger partial charge in [-0.15, -0.1) is 0 Å².